The summed E-state index contributed by atoms with van der Waals surface area (Å²) in [4.78, 5) is 21.7. The molecule has 70 valence electrons. The van der Waals surface area contributed by atoms with Crippen molar-refractivity contribution in [1.82, 2.24) is 0 Å². The molecule has 0 spiro atoms. The zero-order valence-corrected chi connectivity index (χ0v) is 6.26. The van der Waals surface area contributed by atoms with Crippen LogP contribution in [0.25, 0.3) is 0 Å². The van der Waals surface area contributed by atoms with Crippen molar-refractivity contribution in [2.24, 2.45) is 10.3 Å². The Morgan fingerprint density at radius 2 is 1.69 bits per heavy atom. The smallest absolute Gasteiger partial charge is 0.240 e. The SMILES string of the molecule is O.O=c1ccc(=NO)c(=O)c1=NO. The van der Waals surface area contributed by atoms with E-state index in [4.69, 9.17) is 10.4 Å². The van der Waals surface area contributed by atoms with Gasteiger partial charge in [0, 0.05) is 0 Å². The van der Waals surface area contributed by atoms with Gasteiger partial charge >= 0.3 is 0 Å². The summed E-state index contributed by atoms with van der Waals surface area (Å²) in [5, 5.41) is 20.6. The molecule has 0 amide bonds. The van der Waals surface area contributed by atoms with Crippen LogP contribution in [-0.2, 0) is 0 Å². The fourth-order valence-electron chi connectivity index (χ4n) is 0.716. The van der Waals surface area contributed by atoms with Gasteiger partial charge in [-0.05, 0) is 12.1 Å². The molecule has 7 heteroatoms. The van der Waals surface area contributed by atoms with Gasteiger partial charge in [-0.3, -0.25) is 9.59 Å². The molecule has 4 N–H and O–H groups in total. The Morgan fingerprint density at radius 3 is 2.15 bits per heavy atom. The first-order valence-corrected chi connectivity index (χ1v) is 2.92. The molecule has 1 rings (SSSR count). The van der Waals surface area contributed by atoms with Crippen LogP contribution in [0.4, 0.5) is 0 Å². The molecule has 1 aromatic carbocycles. The van der Waals surface area contributed by atoms with Crippen molar-refractivity contribution in [2.75, 3.05) is 0 Å². The third-order valence-corrected chi connectivity index (χ3v) is 1.28. The molecule has 0 fully saturated rings. The topological polar surface area (TPSA) is 131 Å². The van der Waals surface area contributed by atoms with E-state index in [1.165, 1.54) is 0 Å². The van der Waals surface area contributed by atoms with Crippen LogP contribution in [0, 0.1) is 0 Å². The minimum atomic E-state index is -0.896. The fourth-order valence-corrected chi connectivity index (χ4v) is 0.716. The van der Waals surface area contributed by atoms with Gasteiger partial charge in [-0.2, -0.15) is 0 Å². The van der Waals surface area contributed by atoms with E-state index in [1.807, 2.05) is 0 Å². The third kappa shape index (κ3) is 1.76. The summed E-state index contributed by atoms with van der Waals surface area (Å²) in [6.07, 6.45) is 0. The lowest BCUT2D eigenvalue weighted by Crippen LogP contribution is -2.47. The van der Waals surface area contributed by atoms with E-state index in [-0.39, 0.29) is 10.8 Å². The number of hydrogen-bond donors (Lipinski definition) is 2. The van der Waals surface area contributed by atoms with Gasteiger partial charge < -0.3 is 15.9 Å². The first-order valence-electron chi connectivity index (χ1n) is 2.92. The zero-order valence-electron chi connectivity index (χ0n) is 6.26. The molecule has 1 aromatic rings. The van der Waals surface area contributed by atoms with Gasteiger partial charge in [-0.25, -0.2) is 0 Å². The lowest BCUT2D eigenvalue weighted by molar-refractivity contribution is 0.295. The molecule has 0 saturated heterocycles. The summed E-state index contributed by atoms with van der Waals surface area (Å²) in [6, 6.07) is 2.02. The minimum absolute atomic E-state index is 0. The Balaban J connectivity index is 0.00000144. The molecule has 13 heavy (non-hydrogen) atoms. The largest absolute Gasteiger partial charge is 0.412 e. The normalized spacial score (nSPS) is 12.6. The quantitative estimate of drug-likeness (QED) is 0.331. The molecule has 0 heterocycles. The van der Waals surface area contributed by atoms with Gasteiger partial charge in [-0.1, -0.05) is 10.3 Å². The van der Waals surface area contributed by atoms with E-state index in [0.29, 0.717) is 0 Å². The predicted molar refractivity (Wildman–Crippen MR) is 39.7 cm³/mol. The number of rotatable bonds is 0. The molecule has 0 aliphatic rings. The second-order valence-corrected chi connectivity index (χ2v) is 1.96. The van der Waals surface area contributed by atoms with Gasteiger partial charge in [0.25, 0.3) is 0 Å². The highest BCUT2D eigenvalue weighted by Crippen LogP contribution is 1.54. The highest BCUT2D eigenvalue weighted by molar-refractivity contribution is 5.01. The first kappa shape index (κ1) is 11.0. The lowest BCUT2D eigenvalue weighted by atomic mass is 10.3. The van der Waals surface area contributed by atoms with Crippen LogP contribution in [0.15, 0.2) is 32.0 Å². The van der Waals surface area contributed by atoms with Crippen molar-refractivity contribution in [3.63, 3.8) is 0 Å². The maximum absolute atomic E-state index is 10.9. The van der Waals surface area contributed by atoms with Crippen LogP contribution >= 0.6 is 0 Å². The van der Waals surface area contributed by atoms with Crippen molar-refractivity contribution in [3.8, 4) is 0 Å². The Bertz CT molecular complexity index is 497. The molecule has 0 atom stereocenters. The van der Waals surface area contributed by atoms with E-state index in [1.54, 1.807) is 0 Å². The average molecular weight is 186 g/mol. The van der Waals surface area contributed by atoms with Crippen LogP contribution < -0.4 is 21.6 Å². The molecule has 0 aromatic heterocycles. The van der Waals surface area contributed by atoms with E-state index in [2.05, 4.69) is 10.3 Å². The molecule has 7 nitrogen and oxygen atoms in total. The number of nitrogens with zero attached hydrogens (tertiary/aromatic N) is 2. The van der Waals surface area contributed by atoms with Crippen molar-refractivity contribution in [1.29, 1.82) is 0 Å². The number of benzene rings is 1. The van der Waals surface area contributed by atoms with Gasteiger partial charge in [0.05, 0.1) is 0 Å². The molecule has 0 aliphatic carbocycles. The summed E-state index contributed by atoms with van der Waals surface area (Å²) >= 11 is 0. The molecular weight excluding hydrogens is 180 g/mol. The van der Waals surface area contributed by atoms with Crippen molar-refractivity contribution >= 4 is 0 Å². The fraction of sp³-hybridized carbons (Fsp3) is 0. The maximum Gasteiger partial charge on any atom is 0.240 e. The van der Waals surface area contributed by atoms with Gasteiger partial charge in [0.15, 0.2) is 10.7 Å². The molecule has 0 radical (unpaired) electrons. The molecule has 0 unspecified atom stereocenters. The highest BCUT2D eigenvalue weighted by atomic mass is 16.4. The predicted octanol–water partition coefficient (Wildman–Crippen LogP) is -2.96. The summed E-state index contributed by atoms with van der Waals surface area (Å²) in [7, 11) is 0. The Hall–Kier alpha value is -2.02. The van der Waals surface area contributed by atoms with Crippen LogP contribution in [0.1, 0.15) is 0 Å². The third-order valence-electron chi connectivity index (χ3n) is 1.28. The summed E-state index contributed by atoms with van der Waals surface area (Å²) in [5.74, 6) is 0. The van der Waals surface area contributed by atoms with Crippen LogP contribution in [0.3, 0.4) is 0 Å². The Kier molecular flexibility index (Phi) is 3.48. The van der Waals surface area contributed by atoms with E-state index in [0.717, 1.165) is 12.1 Å². The van der Waals surface area contributed by atoms with Crippen molar-refractivity contribution in [3.05, 3.63) is 43.3 Å². The van der Waals surface area contributed by atoms with E-state index < -0.39 is 16.2 Å². The van der Waals surface area contributed by atoms with Crippen molar-refractivity contribution < 1.29 is 15.9 Å². The summed E-state index contributed by atoms with van der Waals surface area (Å²) in [5.41, 5.74) is -1.61. The minimum Gasteiger partial charge on any atom is -0.412 e. The van der Waals surface area contributed by atoms with Crippen LogP contribution in [0.5, 0.6) is 0 Å². The van der Waals surface area contributed by atoms with Gasteiger partial charge in [0.1, 0.15) is 0 Å². The second-order valence-electron chi connectivity index (χ2n) is 1.96. The Morgan fingerprint density at radius 1 is 1.08 bits per heavy atom. The monoisotopic (exact) mass is 186 g/mol. The average Bonchev–Trinajstić information content (AvgIpc) is 2.06. The highest BCUT2D eigenvalue weighted by Gasteiger charge is 1.99. The molecule has 0 saturated carbocycles. The Labute approximate surface area is 70.5 Å². The first-order chi connectivity index (χ1) is 5.70. The van der Waals surface area contributed by atoms with Crippen molar-refractivity contribution in [2.45, 2.75) is 0 Å². The molecule has 0 bridgehead atoms. The summed E-state index contributed by atoms with van der Waals surface area (Å²) < 4.78 is 0. The lowest BCUT2D eigenvalue weighted by Gasteiger charge is -1.79. The van der Waals surface area contributed by atoms with E-state index >= 15 is 0 Å². The van der Waals surface area contributed by atoms with Gasteiger partial charge in [-0.15, -0.1) is 0 Å². The second kappa shape index (κ2) is 4.12. The molecule has 0 aliphatic heterocycles. The van der Waals surface area contributed by atoms with Crippen LogP contribution in [-0.4, -0.2) is 15.9 Å². The molecular formula is C6H6N2O5. The van der Waals surface area contributed by atoms with Crippen LogP contribution in [0.2, 0.25) is 0 Å². The van der Waals surface area contributed by atoms with E-state index in [9.17, 15) is 9.59 Å². The maximum atomic E-state index is 10.9. The number of hydrogen-bond acceptors (Lipinski definition) is 6. The summed E-state index contributed by atoms with van der Waals surface area (Å²) in [6.45, 7) is 0. The van der Waals surface area contributed by atoms with Gasteiger partial charge in [0.2, 0.25) is 10.9 Å². The zero-order chi connectivity index (χ0) is 9.14. The standard InChI is InChI=1S/C6H4N2O4.H2O/c9-4-2-1-3(7-11)6(10)5(4)8-12;/h1-2,11-12H;1H2.